The maximum atomic E-state index is 12.7. The summed E-state index contributed by atoms with van der Waals surface area (Å²) in [5, 5.41) is 6.40. The summed E-state index contributed by atoms with van der Waals surface area (Å²) >= 11 is 1.53. The fourth-order valence-corrected chi connectivity index (χ4v) is 7.75. The van der Waals surface area contributed by atoms with Crippen molar-refractivity contribution in [2.75, 3.05) is 5.32 Å². The van der Waals surface area contributed by atoms with E-state index < -0.39 is 0 Å². The summed E-state index contributed by atoms with van der Waals surface area (Å²) in [4.78, 5) is 34.6. The van der Waals surface area contributed by atoms with Crippen molar-refractivity contribution in [3.8, 4) is 0 Å². The highest BCUT2D eigenvalue weighted by molar-refractivity contribution is 7.13. The maximum absolute atomic E-state index is 12.7. The van der Waals surface area contributed by atoms with E-state index in [1.54, 1.807) is 12.4 Å². The molecule has 1 amide bonds. The fourth-order valence-electron chi connectivity index (χ4n) is 6.90. The molecule has 2 aromatic heterocycles. The number of aromatic nitrogens is 3. The van der Waals surface area contributed by atoms with Gasteiger partial charge in [0, 0.05) is 23.8 Å². The quantitative estimate of drug-likeness (QED) is 0.616. The van der Waals surface area contributed by atoms with Crippen molar-refractivity contribution in [2.45, 2.75) is 63.8 Å². The van der Waals surface area contributed by atoms with Crippen molar-refractivity contribution < 1.29 is 4.79 Å². The van der Waals surface area contributed by atoms with Crippen LogP contribution in [0.15, 0.2) is 34.7 Å². The van der Waals surface area contributed by atoms with E-state index in [1.165, 1.54) is 60.1 Å². The molecule has 2 heterocycles. The molecule has 7 rings (SSSR count). The van der Waals surface area contributed by atoms with Crippen LogP contribution < -0.4 is 10.9 Å². The number of aryl methyl sites for hydroxylation is 2. The Morgan fingerprint density at radius 3 is 2.62 bits per heavy atom. The van der Waals surface area contributed by atoms with E-state index in [0.717, 1.165) is 28.8 Å². The molecule has 6 nitrogen and oxygen atoms in total. The summed E-state index contributed by atoms with van der Waals surface area (Å²) in [6.45, 7) is 2.24. The van der Waals surface area contributed by atoms with Crippen LogP contribution in [0, 0.1) is 24.7 Å². The second-order valence-corrected chi connectivity index (χ2v) is 11.1. The molecule has 1 N–H and O–H groups in total. The molecule has 0 saturated heterocycles. The molecular formula is C25H28N4O2S. The van der Waals surface area contributed by atoms with Gasteiger partial charge in [-0.3, -0.25) is 14.2 Å². The molecule has 3 aromatic rings. The Labute approximate surface area is 191 Å². The Bertz CT molecular complexity index is 1230. The van der Waals surface area contributed by atoms with Crippen LogP contribution in [0.1, 0.15) is 56.2 Å². The number of nitrogens with zero attached hydrogens (tertiary/aromatic N) is 3. The third-order valence-corrected chi connectivity index (χ3v) is 8.72. The Morgan fingerprint density at radius 1 is 1.19 bits per heavy atom. The molecule has 0 atom stereocenters. The van der Waals surface area contributed by atoms with Gasteiger partial charge in [-0.25, -0.2) is 9.97 Å². The first kappa shape index (κ1) is 20.1. The van der Waals surface area contributed by atoms with Gasteiger partial charge in [0.15, 0.2) is 5.13 Å². The molecule has 0 radical (unpaired) electrons. The molecule has 0 unspecified atom stereocenters. The van der Waals surface area contributed by atoms with Crippen molar-refractivity contribution >= 4 is 33.3 Å². The van der Waals surface area contributed by atoms with E-state index in [2.05, 4.69) is 15.7 Å². The first-order chi connectivity index (χ1) is 15.5. The van der Waals surface area contributed by atoms with Gasteiger partial charge >= 0.3 is 0 Å². The lowest BCUT2D eigenvalue weighted by Gasteiger charge is -2.56. The highest BCUT2D eigenvalue weighted by Crippen LogP contribution is 2.60. The van der Waals surface area contributed by atoms with Gasteiger partial charge < -0.3 is 5.32 Å². The molecule has 4 bridgehead atoms. The fraction of sp³-hybridized carbons (Fsp3) is 0.520. The van der Waals surface area contributed by atoms with Gasteiger partial charge in [0.05, 0.1) is 22.9 Å². The average molecular weight is 449 g/mol. The maximum Gasteiger partial charge on any atom is 0.261 e. The second-order valence-electron chi connectivity index (χ2n) is 10.2. The highest BCUT2D eigenvalue weighted by Gasteiger charge is 2.52. The number of rotatable bonds is 5. The third kappa shape index (κ3) is 3.38. The van der Waals surface area contributed by atoms with Gasteiger partial charge in [-0.1, -0.05) is 12.1 Å². The topological polar surface area (TPSA) is 76.9 Å². The minimum absolute atomic E-state index is 0.107. The number of thiazole rings is 1. The third-order valence-electron chi connectivity index (χ3n) is 7.97. The Morgan fingerprint density at radius 2 is 1.91 bits per heavy atom. The Hall–Kier alpha value is -2.54. The smallest absolute Gasteiger partial charge is 0.261 e. The van der Waals surface area contributed by atoms with Crippen LogP contribution in [0.2, 0.25) is 0 Å². The Balaban J connectivity index is 1.13. The standard InChI is InChI=1S/C25H28N4O2S/c1-15-3-2-4-19-22(15)26-14-29(23(19)31)6-5-21(30)28-24-27-20(13-32-24)25-10-16-7-17(11-25)9-18(8-16)12-25/h2-4,13-14,16-18H,5-12H2,1H3,(H,27,28,30). The van der Waals surface area contributed by atoms with Gasteiger partial charge in [-0.15, -0.1) is 11.3 Å². The SMILES string of the molecule is Cc1cccc2c(=O)n(CCC(=O)Nc3nc(C45CC6CC(CC(C6)C4)C5)cs3)cnc12. The molecule has 4 aliphatic rings. The van der Waals surface area contributed by atoms with Gasteiger partial charge in [0.2, 0.25) is 5.91 Å². The number of anilines is 1. The van der Waals surface area contributed by atoms with E-state index in [0.29, 0.717) is 17.1 Å². The van der Waals surface area contributed by atoms with Crippen molar-refractivity contribution in [1.29, 1.82) is 0 Å². The van der Waals surface area contributed by atoms with Gasteiger partial charge in [-0.05, 0) is 74.8 Å². The number of amides is 1. The number of nitrogens with one attached hydrogen (secondary N) is 1. The van der Waals surface area contributed by atoms with E-state index in [4.69, 9.17) is 4.98 Å². The lowest BCUT2D eigenvalue weighted by molar-refractivity contribution is -0.116. The minimum atomic E-state index is -0.118. The predicted octanol–water partition coefficient (Wildman–Crippen LogP) is 4.66. The first-order valence-corrected chi connectivity index (χ1v) is 12.6. The molecule has 166 valence electrons. The number of fused-ring (bicyclic) bond motifs is 1. The number of carbonyl (C=O) groups excluding carboxylic acids is 1. The lowest BCUT2D eigenvalue weighted by Crippen LogP contribution is -2.48. The van der Waals surface area contributed by atoms with Crippen molar-refractivity contribution in [3.05, 3.63) is 51.5 Å². The van der Waals surface area contributed by atoms with Gasteiger partial charge in [0.1, 0.15) is 0 Å². The van der Waals surface area contributed by atoms with E-state index in [9.17, 15) is 9.59 Å². The molecule has 32 heavy (non-hydrogen) atoms. The van der Waals surface area contributed by atoms with Gasteiger partial charge in [-0.2, -0.15) is 0 Å². The zero-order valence-corrected chi connectivity index (χ0v) is 19.2. The van der Waals surface area contributed by atoms with Crippen molar-refractivity contribution in [1.82, 2.24) is 14.5 Å². The second kappa shape index (κ2) is 7.51. The molecule has 0 aliphatic heterocycles. The van der Waals surface area contributed by atoms with Crippen LogP contribution in [0.25, 0.3) is 10.9 Å². The van der Waals surface area contributed by atoms with Crippen LogP contribution in [0.3, 0.4) is 0 Å². The van der Waals surface area contributed by atoms with E-state index in [1.807, 2.05) is 19.1 Å². The molecule has 1 aromatic carbocycles. The first-order valence-electron chi connectivity index (χ1n) is 11.7. The Kier molecular flexibility index (Phi) is 4.72. The largest absolute Gasteiger partial charge is 0.302 e. The molecule has 0 spiro atoms. The summed E-state index contributed by atoms with van der Waals surface area (Å²) < 4.78 is 1.52. The molecule has 7 heteroatoms. The molecule has 4 fully saturated rings. The molecular weight excluding hydrogens is 420 g/mol. The zero-order chi connectivity index (χ0) is 21.9. The van der Waals surface area contributed by atoms with Crippen LogP contribution in [0.5, 0.6) is 0 Å². The van der Waals surface area contributed by atoms with Crippen molar-refractivity contribution in [2.24, 2.45) is 17.8 Å². The van der Waals surface area contributed by atoms with E-state index in [-0.39, 0.29) is 23.3 Å². The summed E-state index contributed by atoms with van der Waals surface area (Å²) in [7, 11) is 0. The molecule has 4 aliphatic carbocycles. The number of hydrogen-bond acceptors (Lipinski definition) is 5. The van der Waals surface area contributed by atoms with Crippen LogP contribution >= 0.6 is 11.3 Å². The van der Waals surface area contributed by atoms with E-state index >= 15 is 0 Å². The summed E-state index contributed by atoms with van der Waals surface area (Å²) in [5.74, 6) is 2.50. The van der Waals surface area contributed by atoms with Gasteiger partial charge in [0.25, 0.3) is 5.56 Å². The van der Waals surface area contributed by atoms with Crippen LogP contribution in [-0.4, -0.2) is 20.4 Å². The number of carbonyl (C=O) groups is 1. The monoisotopic (exact) mass is 448 g/mol. The lowest BCUT2D eigenvalue weighted by atomic mass is 9.49. The number of hydrogen-bond donors (Lipinski definition) is 1. The van der Waals surface area contributed by atoms with Crippen LogP contribution in [-0.2, 0) is 16.8 Å². The van der Waals surface area contributed by atoms with Crippen LogP contribution in [0.4, 0.5) is 5.13 Å². The number of benzene rings is 1. The zero-order valence-electron chi connectivity index (χ0n) is 18.3. The summed E-state index contributed by atoms with van der Waals surface area (Å²) in [6, 6.07) is 5.59. The normalized spacial score (nSPS) is 28.3. The molecule has 4 saturated carbocycles. The summed E-state index contributed by atoms with van der Waals surface area (Å²) in [5.41, 5.74) is 3.03. The number of para-hydroxylation sites is 1. The summed E-state index contributed by atoms with van der Waals surface area (Å²) in [6.07, 6.45) is 9.81. The predicted molar refractivity (Wildman–Crippen MR) is 126 cm³/mol. The highest BCUT2D eigenvalue weighted by atomic mass is 32.1. The minimum Gasteiger partial charge on any atom is -0.302 e. The van der Waals surface area contributed by atoms with Crippen molar-refractivity contribution in [3.63, 3.8) is 0 Å². The average Bonchev–Trinajstić information content (AvgIpc) is 3.22.